The van der Waals surface area contributed by atoms with Gasteiger partial charge < -0.3 is 14.6 Å². The minimum atomic E-state index is -0.417. The molecule has 4 heterocycles. The molecule has 0 fully saturated rings. The molecule has 1 atom stereocenters. The summed E-state index contributed by atoms with van der Waals surface area (Å²) in [7, 11) is 0. The number of ether oxygens (including phenoxy) is 1. The Morgan fingerprint density at radius 1 is 1.18 bits per heavy atom. The topological polar surface area (TPSA) is 88.5 Å². The Morgan fingerprint density at radius 3 is 2.91 bits per heavy atom. The van der Waals surface area contributed by atoms with Crippen molar-refractivity contribution < 1.29 is 14.5 Å². The van der Waals surface area contributed by atoms with Gasteiger partial charge in [0.25, 0.3) is 0 Å². The van der Waals surface area contributed by atoms with Gasteiger partial charge in [-0.15, -0.1) is 0 Å². The zero-order chi connectivity index (χ0) is 23.2. The van der Waals surface area contributed by atoms with Crippen molar-refractivity contribution in [3.63, 3.8) is 0 Å². The number of fused-ring (bicyclic) bond motifs is 4. The Bertz CT molecular complexity index is 1470. The average Bonchev–Trinajstić information content (AvgIpc) is 3.59. The second kappa shape index (κ2) is 8.14. The molecule has 2 aromatic carbocycles. The van der Waals surface area contributed by atoms with Gasteiger partial charge in [-0.3, -0.25) is 14.9 Å². The number of rotatable bonds is 4. The quantitative estimate of drug-likeness (QED) is 0.250. The van der Waals surface area contributed by atoms with Gasteiger partial charge in [0, 0.05) is 46.6 Å². The summed E-state index contributed by atoms with van der Waals surface area (Å²) in [5.41, 5.74) is 5.57. The first-order valence-electron chi connectivity index (χ1n) is 11.2. The Balaban J connectivity index is 1.40. The molecule has 1 amide bonds. The summed E-state index contributed by atoms with van der Waals surface area (Å²) in [6, 6.07) is 17.3. The normalized spacial score (nSPS) is 17.1. The lowest BCUT2D eigenvalue weighted by Crippen LogP contribution is -2.39. The highest BCUT2D eigenvalue weighted by Crippen LogP contribution is 2.40. The Kier molecular flexibility index (Phi) is 4.95. The van der Waals surface area contributed by atoms with E-state index < -0.39 is 4.92 Å². The molecule has 0 unspecified atom stereocenters. The SMILES string of the molecule is O=C(C=Cc1ccc([N+](=O)[O-])s1)N1CCc2c([nH]c3ccccc23)[C@H]1c1ccc2c(c1)CCO2. The van der Waals surface area contributed by atoms with Crippen LogP contribution in [0.5, 0.6) is 5.75 Å². The van der Waals surface area contributed by atoms with Crippen molar-refractivity contribution in [3.05, 3.63) is 98.0 Å². The van der Waals surface area contributed by atoms with E-state index in [0.29, 0.717) is 18.0 Å². The molecular formula is C26H21N3O4S. The molecule has 7 nitrogen and oxygen atoms in total. The molecule has 4 aromatic rings. The van der Waals surface area contributed by atoms with Crippen LogP contribution in [0, 0.1) is 10.1 Å². The third-order valence-electron chi connectivity index (χ3n) is 6.53. The largest absolute Gasteiger partial charge is 0.493 e. The van der Waals surface area contributed by atoms with Gasteiger partial charge in [0.05, 0.1) is 17.6 Å². The Hall–Kier alpha value is -3.91. The number of nitrogens with zero attached hydrogens (tertiary/aromatic N) is 2. The lowest BCUT2D eigenvalue weighted by Gasteiger charge is -2.36. The number of carbonyl (C=O) groups is 1. The highest BCUT2D eigenvalue weighted by atomic mass is 32.1. The number of hydrogen-bond donors (Lipinski definition) is 1. The number of carbonyl (C=O) groups excluding carboxylic acids is 1. The van der Waals surface area contributed by atoms with Crippen LogP contribution in [-0.4, -0.2) is 33.9 Å². The zero-order valence-corrected chi connectivity index (χ0v) is 19.0. The zero-order valence-electron chi connectivity index (χ0n) is 18.2. The smallest absolute Gasteiger partial charge is 0.324 e. The van der Waals surface area contributed by atoms with Crippen molar-refractivity contribution in [1.29, 1.82) is 0 Å². The molecule has 34 heavy (non-hydrogen) atoms. The maximum absolute atomic E-state index is 13.4. The minimum Gasteiger partial charge on any atom is -0.493 e. The fraction of sp³-hybridized carbons (Fsp3) is 0.192. The molecule has 0 saturated carbocycles. The molecule has 6 rings (SSSR count). The summed E-state index contributed by atoms with van der Waals surface area (Å²) in [6.07, 6.45) is 4.80. The second-order valence-corrected chi connectivity index (χ2v) is 9.57. The molecule has 0 radical (unpaired) electrons. The van der Waals surface area contributed by atoms with E-state index in [1.54, 1.807) is 12.1 Å². The third-order valence-corrected chi connectivity index (χ3v) is 7.53. The summed E-state index contributed by atoms with van der Waals surface area (Å²) in [4.78, 5) is 30.1. The number of nitro groups is 1. The van der Waals surface area contributed by atoms with Crippen LogP contribution >= 0.6 is 11.3 Å². The number of hydrogen-bond acceptors (Lipinski definition) is 5. The summed E-state index contributed by atoms with van der Waals surface area (Å²) in [5, 5.41) is 12.2. The number of aromatic amines is 1. The molecule has 8 heteroatoms. The number of aromatic nitrogens is 1. The third kappa shape index (κ3) is 3.47. The van der Waals surface area contributed by atoms with E-state index in [1.807, 2.05) is 29.2 Å². The second-order valence-electron chi connectivity index (χ2n) is 8.48. The maximum atomic E-state index is 13.4. The minimum absolute atomic E-state index is 0.0611. The lowest BCUT2D eigenvalue weighted by molar-refractivity contribution is -0.380. The monoisotopic (exact) mass is 471 g/mol. The molecule has 170 valence electrons. The van der Waals surface area contributed by atoms with Gasteiger partial charge >= 0.3 is 5.00 Å². The van der Waals surface area contributed by atoms with E-state index in [-0.39, 0.29) is 17.0 Å². The number of thiophene rings is 1. The van der Waals surface area contributed by atoms with Gasteiger partial charge in [0.15, 0.2) is 0 Å². The number of benzene rings is 2. The van der Waals surface area contributed by atoms with E-state index in [2.05, 4.69) is 23.2 Å². The molecule has 0 spiro atoms. The molecule has 2 aliphatic rings. The van der Waals surface area contributed by atoms with Crippen LogP contribution in [0.1, 0.15) is 33.3 Å². The fourth-order valence-corrected chi connectivity index (χ4v) is 5.70. The highest BCUT2D eigenvalue weighted by molar-refractivity contribution is 7.16. The first-order chi connectivity index (χ1) is 16.6. The van der Waals surface area contributed by atoms with Crippen molar-refractivity contribution in [2.75, 3.05) is 13.2 Å². The van der Waals surface area contributed by atoms with Crippen LogP contribution in [-0.2, 0) is 17.6 Å². The summed E-state index contributed by atoms with van der Waals surface area (Å²) in [5.74, 6) is 0.788. The van der Waals surface area contributed by atoms with Gasteiger partial charge in [-0.05, 0) is 53.5 Å². The van der Waals surface area contributed by atoms with E-state index >= 15 is 0 Å². The number of nitrogens with one attached hydrogen (secondary N) is 1. The molecule has 0 aliphatic carbocycles. The van der Waals surface area contributed by atoms with Crippen LogP contribution in [0.4, 0.5) is 5.00 Å². The first kappa shape index (κ1) is 20.7. The fourth-order valence-electron chi connectivity index (χ4n) is 4.98. The summed E-state index contributed by atoms with van der Waals surface area (Å²) < 4.78 is 5.69. The van der Waals surface area contributed by atoms with Crippen molar-refractivity contribution in [1.82, 2.24) is 9.88 Å². The van der Waals surface area contributed by atoms with Crippen LogP contribution in [0.25, 0.3) is 17.0 Å². The van der Waals surface area contributed by atoms with Crippen LogP contribution in [0.3, 0.4) is 0 Å². The van der Waals surface area contributed by atoms with Crippen LogP contribution < -0.4 is 4.74 Å². The Morgan fingerprint density at radius 2 is 2.06 bits per heavy atom. The molecule has 2 aromatic heterocycles. The highest BCUT2D eigenvalue weighted by Gasteiger charge is 2.34. The van der Waals surface area contributed by atoms with Gasteiger partial charge in [0.2, 0.25) is 5.91 Å². The van der Waals surface area contributed by atoms with Gasteiger partial charge in [-0.2, -0.15) is 0 Å². The predicted octanol–water partition coefficient (Wildman–Crippen LogP) is 5.26. The van der Waals surface area contributed by atoms with Crippen LogP contribution in [0.2, 0.25) is 0 Å². The van der Waals surface area contributed by atoms with E-state index in [0.717, 1.165) is 52.3 Å². The van der Waals surface area contributed by atoms with Crippen molar-refractivity contribution in [3.8, 4) is 5.75 Å². The molecule has 0 saturated heterocycles. The van der Waals surface area contributed by atoms with Gasteiger partial charge in [-0.25, -0.2) is 0 Å². The predicted molar refractivity (Wildman–Crippen MR) is 131 cm³/mol. The lowest BCUT2D eigenvalue weighted by atomic mass is 9.91. The van der Waals surface area contributed by atoms with Crippen molar-refractivity contribution in [2.45, 2.75) is 18.9 Å². The van der Waals surface area contributed by atoms with Crippen LogP contribution in [0.15, 0.2) is 60.7 Å². The standard InChI is InChI=1S/C26H21N3O4S/c30-23(9-6-18-7-10-24(34-18)29(31)32)28-13-11-20-19-3-1-2-4-21(19)27-25(20)26(28)17-5-8-22-16(15-17)12-14-33-22/h1-10,15,26-27H,11-14H2/t26-/m1/s1. The molecule has 1 N–H and O–H groups in total. The maximum Gasteiger partial charge on any atom is 0.324 e. The van der Waals surface area contributed by atoms with E-state index in [9.17, 15) is 14.9 Å². The number of H-pyrrole nitrogens is 1. The summed E-state index contributed by atoms with van der Waals surface area (Å²) >= 11 is 1.06. The van der Waals surface area contributed by atoms with Gasteiger partial charge in [0.1, 0.15) is 5.75 Å². The molecular weight excluding hydrogens is 450 g/mol. The van der Waals surface area contributed by atoms with Crippen molar-refractivity contribution >= 4 is 39.2 Å². The molecule has 0 bridgehead atoms. The number of amides is 1. The van der Waals surface area contributed by atoms with Crippen molar-refractivity contribution in [2.24, 2.45) is 0 Å². The Labute approximate surface area is 199 Å². The first-order valence-corrected chi connectivity index (χ1v) is 12.0. The number of para-hydroxylation sites is 1. The van der Waals surface area contributed by atoms with E-state index in [1.165, 1.54) is 23.1 Å². The molecule has 2 aliphatic heterocycles. The average molecular weight is 472 g/mol. The summed E-state index contributed by atoms with van der Waals surface area (Å²) in [6.45, 7) is 1.26. The van der Waals surface area contributed by atoms with Gasteiger partial charge in [-0.1, -0.05) is 35.6 Å². The van der Waals surface area contributed by atoms with E-state index in [4.69, 9.17) is 4.74 Å².